The van der Waals surface area contributed by atoms with Gasteiger partial charge in [-0.3, -0.25) is 4.79 Å². The maximum Gasteiger partial charge on any atom is 0.228 e. The lowest BCUT2D eigenvalue weighted by Gasteiger charge is -2.45. The van der Waals surface area contributed by atoms with Crippen LogP contribution in [-0.4, -0.2) is 27.0 Å². The van der Waals surface area contributed by atoms with Gasteiger partial charge in [-0.1, -0.05) is 5.16 Å². The fourth-order valence-corrected chi connectivity index (χ4v) is 2.74. The first-order chi connectivity index (χ1) is 8.44. The van der Waals surface area contributed by atoms with Gasteiger partial charge in [0.05, 0.1) is 12.1 Å². The summed E-state index contributed by atoms with van der Waals surface area (Å²) in [5.41, 5.74) is 1.28. The number of hydrogen-bond acceptors (Lipinski definition) is 3. The molecule has 0 spiro atoms. The number of rotatable bonds is 2. The zero-order valence-electron chi connectivity index (χ0n) is 13.4. The van der Waals surface area contributed by atoms with Crippen LogP contribution in [-0.2, 0) is 11.2 Å². The van der Waals surface area contributed by atoms with Crippen LogP contribution >= 0.6 is 0 Å². The summed E-state index contributed by atoms with van der Waals surface area (Å²) in [5, 5.41) is 3.91. The van der Waals surface area contributed by atoms with E-state index in [1.165, 1.54) is 0 Å². The summed E-state index contributed by atoms with van der Waals surface area (Å²) in [4.78, 5) is 14.6. The van der Waals surface area contributed by atoms with Crippen molar-refractivity contribution in [2.24, 2.45) is 0 Å². The number of nitrogens with zero attached hydrogens (tertiary/aromatic N) is 2. The molecular formula is C15H26N2O2. The Labute approximate surface area is 116 Å². The molecule has 0 saturated heterocycles. The molecule has 0 unspecified atom stereocenters. The predicted molar refractivity (Wildman–Crippen MR) is 76.0 cm³/mol. The van der Waals surface area contributed by atoms with Gasteiger partial charge in [0.25, 0.3) is 0 Å². The molecule has 1 aromatic heterocycles. The summed E-state index contributed by atoms with van der Waals surface area (Å²) in [5.74, 6) is 0.836. The van der Waals surface area contributed by atoms with Gasteiger partial charge in [0, 0.05) is 16.6 Å². The van der Waals surface area contributed by atoms with Crippen molar-refractivity contribution in [3.8, 4) is 0 Å². The molecule has 4 nitrogen and oxygen atoms in total. The summed E-state index contributed by atoms with van der Waals surface area (Å²) in [7, 11) is 0. The van der Waals surface area contributed by atoms with E-state index in [9.17, 15) is 4.79 Å². The van der Waals surface area contributed by atoms with Crippen LogP contribution < -0.4 is 0 Å². The van der Waals surface area contributed by atoms with E-state index in [-0.39, 0.29) is 17.0 Å². The van der Waals surface area contributed by atoms with E-state index in [0.717, 1.165) is 17.0 Å². The Hall–Kier alpha value is -1.32. The summed E-state index contributed by atoms with van der Waals surface area (Å²) in [6, 6.07) is 0. The minimum atomic E-state index is -0.214. The van der Waals surface area contributed by atoms with E-state index in [1.807, 2.05) is 18.7 Å². The number of carbonyl (C=O) groups is 1. The molecule has 0 N–H and O–H groups in total. The Balaban J connectivity index is 3.04. The maximum atomic E-state index is 12.7. The van der Waals surface area contributed by atoms with Crippen molar-refractivity contribution in [3.63, 3.8) is 0 Å². The van der Waals surface area contributed by atoms with E-state index in [1.54, 1.807) is 0 Å². The molecule has 4 heteroatoms. The molecule has 0 atom stereocenters. The van der Waals surface area contributed by atoms with Crippen LogP contribution in [0.4, 0.5) is 0 Å². The van der Waals surface area contributed by atoms with Gasteiger partial charge in [-0.25, -0.2) is 0 Å². The molecule has 0 saturated carbocycles. The molecular weight excluding hydrogens is 240 g/mol. The van der Waals surface area contributed by atoms with E-state index in [2.05, 4.69) is 46.7 Å². The Morgan fingerprint density at radius 2 is 1.58 bits per heavy atom. The van der Waals surface area contributed by atoms with E-state index in [4.69, 9.17) is 4.52 Å². The van der Waals surface area contributed by atoms with Crippen LogP contribution in [0, 0.1) is 13.8 Å². The van der Waals surface area contributed by atoms with Crippen LogP contribution in [0.5, 0.6) is 0 Å². The minimum absolute atomic E-state index is 0.106. The molecule has 1 heterocycles. The predicted octanol–water partition coefficient (Wildman–Crippen LogP) is 3.26. The largest absolute Gasteiger partial charge is 0.361 e. The average molecular weight is 266 g/mol. The quantitative estimate of drug-likeness (QED) is 0.825. The third-order valence-electron chi connectivity index (χ3n) is 3.10. The van der Waals surface area contributed by atoms with Gasteiger partial charge in [-0.2, -0.15) is 0 Å². The Bertz CT molecular complexity index is 428. The van der Waals surface area contributed by atoms with Gasteiger partial charge in [0.1, 0.15) is 5.76 Å². The van der Waals surface area contributed by atoms with Crippen LogP contribution in [0.25, 0.3) is 0 Å². The summed E-state index contributed by atoms with van der Waals surface area (Å²) >= 11 is 0. The van der Waals surface area contributed by atoms with Crippen LogP contribution in [0.1, 0.15) is 58.6 Å². The van der Waals surface area contributed by atoms with Gasteiger partial charge in [-0.15, -0.1) is 0 Å². The molecule has 1 rings (SSSR count). The SMILES string of the molecule is Cc1noc(C)c1CC(=O)N(C(C)(C)C)C(C)(C)C. The van der Waals surface area contributed by atoms with Crippen molar-refractivity contribution in [2.45, 2.75) is 72.9 Å². The molecule has 0 bridgehead atoms. The van der Waals surface area contributed by atoms with Crippen molar-refractivity contribution < 1.29 is 9.32 Å². The van der Waals surface area contributed by atoms with E-state index >= 15 is 0 Å². The molecule has 1 amide bonds. The maximum absolute atomic E-state index is 12.7. The van der Waals surface area contributed by atoms with Gasteiger partial charge >= 0.3 is 0 Å². The van der Waals surface area contributed by atoms with Gasteiger partial charge in [0.15, 0.2) is 0 Å². The van der Waals surface area contributed by atoms with Crippen molar-refractivity contribution in [1.29, 1.82) is 0 Å². The molecule has 0 aliphatic carbocycles. The third-order valence-corrected chi connectivity index (χ3v) is 3.10. The topological polar surface area (TPSA) is 46.3 Å². The fourth-order valence-electron chi connectivity index (χ4n) is 2.74. The first-order valence-corrected chi connectivity index (χ1v) is 6.69. The number of hydrogen-bond donors (Lipinski definition) is 0. The number of amides is 1. The highest BCUT2D eigenvalue weighted by atomic mass is 16.5. The second-order valence-corrected chi connectivity index (χ2v) is 7.05. The Morgan fingerprint density at radius 1 is 1.11 bits per heavy atom. The van der Waals surface area contributed by atoms with Crippen LogP contribution in [0.15, 0.2) is 4.52 Å². The number of aryl methyl sites for hydroxylation is 2. The van der Waals surface area contributed by atoms with E-state index in [0.29, 0.717) is 6.42 Å². The van der Waals surface area contributed by atoms with Crippen LogP contribution in [0.2, 0.25) is 0 Å². The van der Waals surface area contributed by atoms with Crippen molar-refractivity contribution >= 4 is 5.91 Å². The molecule has 0 aliphatic heterocycles. The fraction of sp³-hybridized carbons (Fsp3) is 0.733. The molecule has 1 aromatic rings. The zero-order valence-corrected chi connectivity index (χ0v) is 13.4. The molecule has 108 valence electrons. The lowest BCUT2D eigenvalue weighted by atomic mass is 9.94. The number of aromatic nitrogens is 1. The zero-order chi connectivity index (χ0) is 15.0. The molecule has 0 fully saturated rings. The minimum Gasteiger partial charge on any atom is -0.361 e. The second-order valence-electron chi connectivity index (χ2n) is 7.05. The monoisotopic (exact) mass is 266 g/mol. The highest BCUT2D eigenvalue weighted by molar-refractivity contribution is 5.80. The van der Waals surface area contributed by atoms with Crippen LogP contribution in [0.3, 0.4) is 0 Å². The summed E-state index contributed by atoms with van der Waals surface area (Å²) < 4.78 is 5.13. The van der Waals surface area contributed by atoms with Crippen molar-refractivity contribution in [2.75, 3.05) is 0 Å². The molecule has 0 aromatic carbocycles. The molecule has 19 heavy (non-hydrogen) atoms. The highest BCUT2D eigenvalue weighted by Crippen LogP contribution is 2.26. The van der Waals surface area contributed by atoms with Gasteiger partial charge < -0.3 is 9.42 Å². The standard InChI is InChI=1S/C15H26N2O2/c1-10-12(11(2)19-16-10)9-13(18)17(14(3,4)5)15(6,7)8/h9H2,1-8H3. The molecule has 0 radical (unpaired) electrons. The summed E-state index contributed by atoms with van der Waals surface area (Å²) in [6.07, 6.45) is 0.343. The summed E-state index contributed by atoms with van der Waals surface area (Å²) in [6.45, 7) is 16.1. The molecule has 0 aliphatic rings. The third kappa shape index (κ3) is 3.58. The number of carbonyl (C=O) groups excluding carboxylic acids is 1. The normalized spacial score (nSPS) is 12.6. The van der Waals surface area contributed by atoms with Crippen molar-refractivity contribution in [1.82, 2.24) is 10.1 Å². The Morgan fingerprint density at radius 3 is 1.89 bits per heavy atom. The van der Waals surface area contributed by atoms with Crippen molar-refractivity contribution in [3.05, 3.63) is 17.0 Å². The smallest absolute Gasteiger partial charge is 0.228 e. The first kappa shape index (κ1) is 15.7. The Kier molecular flexibility index (Phi) is 4.13. The second kappa shape index (κ2) is 4.99. The van der Waals surface area contributed by atoms with Gasteiger partial charge in [-0.05, 0) is 55.4 Å². The lowest BCUT2D eigenvalue weighted by molar-refractivity contribution is -0.141. The first-order valence-electron chi connectivity index (χ1n) is 6.69. The average Bonchev–Trinajstić information content (AvgIpc) is 2.44. The lowest BCUT2D eigenvalue weighted by Crippen LogP contribution is -2.56. The highest BCUT2D eigenvalue weighted by Gasteiger charge is 2.35. The van der Waals surface area contributed by atoms with E-state index < -0.39 is 0 Å². The van der Waals surface area contributed by atoms with Gasteiger partial charge in [0.2, 0.25) is 5.91 Å².